The van der Waals surface area contributed by atoms with Crippen LogP contribution in [0.25, 0.3) is 0 Å². The van der Waals surface area contributed by atoms with E-state index in [0.29, 0.717) is 5.04 Å². The maximum absolute atomic E-state index is 6.25. The molecule has 0 aliphatic heterocycles. The van der Waals surface area contributed by atoms with Crippen LogP contribution in [-0.4, -0.2) is 14.9 Å². The Morgan fingerprint density at radius 3 is 1.43 bits per heavy atom. The van der Waals surface area contributed by atoms with Crippen molar-refractivity contribution in [1.82, 2.24) is 0 Å². The molecule has 0 rings (SSSR count). The van der Waals surface area contributed by atoms with Crippen LogP contribution in [0.2, 0.25) is 18.1 Å². The molecular weight excluding hydrogens is 356 g/mol. The van der Waals surface area contributed by atoms with Crippen LogP contribution in [0.4, 0.5) is 0 Å². The monoisotopic (exact) mass is 410 g/mol. The number of rotatable bonds is 19. The molecule has 0 N–H and O–H groups in total. The summed E-state index contributed by atoms with van der Waals surface area (Å²) in [6.45, 7) is 14.9. The summed E-state index contributed by atoms with van der Waals surface area (Å²) in [5.41, 5.74) is 0. The van der Waals surface area contributed by atoms with Crippen LogP contribution in [0.15, 0.2) is 12.2 Å². The molecule has 0 bridgehead atoms. The Bertz CT molecular complexity index is 354. The molecule has 0 unspecified atom stereocenters. The lowest BCUT2D eigenvalue weighted by molar-refractivity contribution is 0.277. The number of unbranched alkanes of at least 4 members (excludes halogenated alkanes) is 14. The molecule has 28 heavy (non-hydrogen) atoms. The van der Waals surface area contributed by atoms with E-state index in [1.54, 1.807) is 0 Å². The molecule has 168 valence electrons. The molecule has 0 atom stereocenters. The zero-order chi connectivity index (χ0) is 21.1. The van der Waals surface area contributed by atoms with Gasteiger partial charge in [0.15, 0.2) is 8.32 Å². The zero-order valence-corrected chi connectivity index (χ0v) is 21.6. The summed E-state index contributed by atoms with van der Waals surface area (Å²) in [7, 11) is -1.53. The molecule has 0 aliphatic carbocycles. The zero-order valence-electron chi connectivity index (χ0n) is 20.6. The van der Waals surface area contributed by atoms with Gasteiger partial charge in [-0.2, -0.15) is 0 Å². The lowest BCUT2D eigenvalue weighted by atomic mass is 10.1. The molecular formula is C26H54OSi. The highest BCUT2D eigenvalue weighted by Gasteiger charge is 2.36. The van der Waals surface area contributed by atoms with Crippen molar-refractivity contribution in [2.45, 2.75) is 149 Å². The molecule has 1 nitrogen and oxygen atoms in total. The van der Waals surface area contributed by atoms with Gasteiger partial charge < -0.3 is 4.43 Å². The summed E-state index contributed by atoms with van der Waals surface area (Å²) in [4.78, 5) is 0. The fraction of sp³-hybridized carbons (Fsp3) is 0.923. The van der Waals surface area contributed by atoms with E-state index in [4.69, 9.17) is 4.43 Å². The third-order valence-corrected chi connectivity index (χ3v) is 11.0. The van der Waals surface area contributed by atoms with Gasteiger partial charge in [-0.1, -0.05) is 110 Å². The molecule has 0 heterocycles. The predicted octanol–water partition coefficient (Wildman–Crippen LogP) is 9.83. The maximum Gasteiger partial charge on any atom is 0.191 e. The molecule has 0 aromatic heterocycles. The third kappa shape index (κ3) is 16.8. The second kappa shape index (κ2) is 17.7. The second-order valence-corrected chi connectivity index (χ2v) is 15.1. The molecule has 0 radical (unpaired) electrons. The van der Waals surface area contributed by atoms with Crippen LogP contribution in [0.1, 0.15) is 130 Å². The fourth-order valence-corrected chi connectivity index (χ4v) is 4.33. The van der Waals surface area contributed by atoms with E-state index >= 15 is 0 Å². The number of hydrogen-bond acceptors (Lipinski definition) is 1. The Kier molecular flexibility index (Phi) is 17.7. The number of hydrogen-bond donors (Lipinski definition) is 0. The first kappa shape index (κ1) is 27.9. The van der Waals surface area contributed by atoms with Crippen LogP contribution in [0.5, 0.6) is 0 Å². The summed E-state index contributed by atoms with van der Waals surface area (Å²) < 4.78 is 6.25. The molecule has 0 saturated heterocycles. The van der Waals surface area contributed by atoms with E-state index in [9.17, 15) is 0 Å². The normalized spacial score (nSPS) is 12.9. The summed E-state index contributed by atoms with van der Waals surface area (Å²) in [5.74, 6) is 0. The molecule has 0 amide bonds. The fourth-order valence-electron chi connectivity index (χ4n) is 3.25. The van der Waals surface area contributed by atoms with Crippen molar-refractivity contribution in [3.8, 4) is 0 Å². The Morgan fingerprint density at radius 2 is 1.00 bits per heavy atom. The molecule has 0 spiro atoms. The molecule has 0 aromatic rings. The SMILES string of the molecule is CCCCCCCCCCC/C=C\CCCCCCCO[Si](C)(C)C(C)(C)C. The predicted molar refractivity (Wildman–Crippen MR) is 132 cm³/mol. The van der Waals surface area contributed by atoms with Crippen LogP contribution < -0.4 is 0 Å². The Balaban J connectivity index is 3.28. The van der Waals surface area contributed by atoms with E-state index in [1.807, 2.05) is 0 Å². The topological polar surface area (TPSA) is 9.23 Å². The van der Waals surface area contributed by atoms with E-state index in [0.717, 1.165) is 6.61 Å². The third-order valence-electron chi connectivity index (χ3n) is 6.43. The summed E-state index contributed by atoms with van der Waals surface area (Å²) in [6, 6.07) is 0. The van der Waals surface area contributed by atoms with Gasteiger partial charge >= 0.3 is 0 Å². The summed E-state index contributed by atoms with van der Waals surface area (Å²) in [6.07, 6.45) is 26.9. The molecule has 0 fully saturated rings. The van der Waals surface area contributed by atoms with Gasteiger partial charge in [-0.05, 0) is 50.2 Å². The Morgan fingerprint density at radius 1 is 0.607 bits per heavy atom. The molecule has 2 heteroatoms. The average molecular weight is 411 g/mol. The Labute approximate surface area is 180 Å². The highest BCUT2D eigenvalue weighted by molar-refractivity contribution is 6.74. The van der Waals surface area contributed by atoms with Gasteiger partial charge in [-0.15, -0.1) is 0 Å². The quantitative estimate of drug-likeness (QED) is 0.117. The van der Waals surface area contributed by atoms with Gasteiger partial charge in [0.05, 0.1) is 0 Å². The lowest BCUT2D eigenvalue weighted by Gasteiger charge is -2.36. The van der Waals surface area contributed by atoms with Crippen molar-refractivity contribution < 1.29 is 4.43 Å². The standard InChI is InChI=1S/C26H54OSi/c1-7-8-9-10-11-12-13-14-15-16-17-18-19-20-21-22-23-24-25-27-28(5,6)26(2,3)4/h17-18H,7-16,19-25H2,1-6H3/b18-17-. The second-order valence-electron chi connectivity index (χ2n) is 10.3. The minimum absolute atomic E-state index is 0.341. The first-order valence-electron chi connectivity index (χ1n) is 12.6. The van der Waals surface area contributed by atoms with Crippen molar-refractivity contribution in [1.29, 1.82) is 0 Å². The molecule has 0 saturated carbocycles. The first-order valence-corrected chi connectivity index (χ1v) is 15.5. The van der Waals surface area contributed by atoms with Crippen molar-refractivity contribution in [2.75, 3.05) is 6.61 Å². The van der Waals surface area contributed by atoms with Gasteiger partial charge in [-0.25, -0.2) is 0 Å². The lowest BCUT2D eigenvalue weighted by Crippen LogP contribution is -2.40. The minimum atomic E-state index is -1.53. The van der Waals surface area contributed by atoms with Crippen molar-refractivity contribution >= 4 is 8.32 Å². The van der Waals surface area contributed by atoms with Crippen molar-refractivity contribution in [2.24, 2.45) is 0 Å². The minimum Gasteiger partial charge on any atom is -0.417 e. The molecule has 0 aromatic carbocycles. The average Bonchev–Trinajstić information content (AvgIpc) is 2.62. The van der Waals surface area contributed by atoms with Gasteiger partial charge in [-0.3, -0.25) is 0 Å². The Hall–Kier alpha value is -0.0831. The van der Waals surface area contributed by atoms with E-state index in [2.05, 4.69) is 52.9 Å². The number of allylic oxidation sites excluding steroid dienone is 2. The molecule has 0 aliphatic rings. The van der Waals surface area contributed by atoms with E-state index < -0.39 is 8.32 Å². The van der Waals surface area contributed by atoms with E-state index in [1.165, 1.54) is 103 Å². The van der Waals surface area contributed by atoms with Gasteiger partial charge in [0, 0.05) is 6.61 Å². The largest absolute Gasteiger partial charge is 0.417 e. The van der Waals surface area contributed by atoms with E-state index in [-0.39, 0.29) is 0 Å². The van der Waals surface area contributed by atoms with Crippen LogP contribution in [0, 0.1) is 0 Å². The van der Waals surface area contributed by atoms with Gasteiger partial charge in [0.2, 0.25) is 0 Å². The summed E-state index contributed by atoms with van der Waals surface area (Å²) >= 11 is 0. The van der Waals surface area contributed by atoms with Crippen LogP contribution >= 0.6 is 0 Å². The van der Waals surface area contributed by atoms with Crippen LogP contribution in [-0.2, 0) is 4.43 Å². The van der Waals surface area contributed by atoms with Crippen molar-refractivity contribution in [3.63, 3.8) is 0 Å². The maximum atomic E-state index is 6.25. The smallest absolute Gasteiger partial charge is 0.191 e. The summed E-state index contributed by atoms with van der Waals surface area (Å²) in [5, 5.41) is 0.341. The van der Waals surface area contributed by atoms with Crippen LogP contribution in [0.3, 0.4) is 0 Å². The highest BCUT2D eigenvalue weighted by Crippen LogP contribution is 2.36. The van der Waals surface area contributed by atoms with Gasteiger partial charge in [0.25, 0.3) is 0 Å². The van der Waals surface area contributed by atoms with Gasteiger partial charge in [0.1, 0.15) is 0 Å². The highest BCUT2D eigenvalue weighted by atomic mass is 28.4. The first-order chi connectivity index (χ1) is 13.3. The van der Waals surface area contributed by atoms with Crippen molar-refractivity contribution in [3.05, 3.63) is 12.2 Å².